The van der Waals surface area contributed by atoms with Crippen LogP contribution in [-0.4, -0.2) is 27.9 Å². The van der Waals surface area contributed by atoms with Gasteiger partial charge in [0.05, 0.1) is 28.4 Å². The Morgan fingerprint density at radius 3 is 2.50 bits per heavy atom. The van der Waals surface area contributed by atoms with E-state index < -0.39 is 45.6 Å². The van der Waals surface area contributed by atoms with E-state index in [1.165, 1.54) is 12.3 Å². The quantitative estimate of drug-likeness (QED) is 0.407. The third-order valence-corrected chi connectivity index (χ3v) is 5.18. The number of aromatic nitrogens is 1. The van der Waals surface area contributed by atoms with Crippen LogP contribution in [0.4, 0.5) is 17.6 Å². The molecule has 1 N–H and O–H groups in total. The van der Waals surface area contributed by atoms with Crippen LogP contribution in [0.1, 0.15) is 28.0 Å². The van der Waals surface area contributed by atoms with Crippen LogP contribution in [0.2, 0.25) is 10.0 Å². The molecule has 30 heavy (non-hydrogen) atoms. The van der Waals surface area contributed by atoms with Crippen LogP contribution < -0.4 is 0 Å². The van der Waals surface area contributed by atoms with E-state index in [2.05, 4.69) is 10.1 Å². The summed E-state index contributed by atoms with van der Waals surface area (Å²) in [4.78, 5) is 20.1. The second-order valence-electron chi connectivity index (χ2n) is 6.37. The summed E-state index contributed by atoms with van der Waals surface area (Å²) < 4.78 is 61.1. The zero-order chi connectivity index (χ0) is 21.8. The minimum Gasteiger partial charge on any atom is -0.477 e. The van der Waals surface area contributed by atoms with Gasteiger partial charge in [-0.2, -0.15) is 13.2 Å². The number of oxime groups is 1. The van der Waals surface area contributed by atoms with Crippen LogP contribution in [-0.2, 0) is 10.4 Å². The van der Waals surface area contributed by atoms with E-state index in [0.29, 0.717) is 0 Å². The predicted octanol–water partition coefficient (Wildman–Crippen LogP) is 5.55. The number of alkyl halides is 3. The van der Waals surface area contributed by atoms with Gasteiger partial charge in [-0.05, 0) is 18.2 Å². The molecule has 12 heteroatoms. The van der Waals surface area contributed by atoms with Crippen molar-refractivity contribution in [1.29, 1.82) is 0 Å². The highest BCUT2D eigenvalue weighted by Gasteiger charge is 2.62. The van der Waals surface area contributed by atoms with Crippen LogP contribution in [0.15, 0.2) is 40.2 Å². The first kappa shape index (κ1) is 20.4. The van der Waals surface area contributed by atoms with E-state index >= 15 is 0 Å². The third kappa shape index (κ3) is 2.98. The number of hydrogen-bond donors (Lipinski definition) is 1. The van der Waals surface area contributed by atoms with Crippen LogP contribution in [0.5, 0.6) is 0 Å². The van der Waals surface area contributed by atoms with E-state index in [9.17, 15) is 27.5 Å². The Labute approximate surface area is 174 Å². The molecule has 1 aliphatic rings. The summed E-state index contributed by atoms with van der Waals surface area (Å²) in [7, 11) is 0. The molecule has 0 saturated heterocycles. The van der Waals surface area contributed by atoms with Gasteiger partial charge >= 0.3 is 12.1 Å². The van der Waals surface area contributed by atoms with Crippen molar-refractivity contribution >= 4 is 45.9 Å². The molecule has 3 heterocycles. The summed E-state index contributed by atoms with van der Waals surface area (Å²) in [5.74, 6) is -2.39. The fourth-order valence-electron chi connectivity index (χ4n) is 3.16. The number of carboxylic acids is 1. The molecule has 1 atom stereocenters. The van der Waals surface area contributed by atoms with Crippen LogP contribution in [0.3, 0.4) is 0 Å². The Morgan fingerprint density at radius 2 is 1.90 bits per heavy atom. The molecule has 6 nitrogen and oxygen atoms in total. The van der Waals surface area contributed by atoms with Crippen molar-refractivity contribution in [2.45, 2.75) is 18.2 Å². The lowest BCUT2D eigenvalue weighted by molar-refractivity contribution is -0.275. The first-order valence-corrected chi connectivity index (χ1v) is 8.87. The van der Waals surface area contributed by atoms with Gasteiger partial charge in [-0.15, -0.1) is 0 Å². The first-order valence-electron chi connectivity index (χ1n) is 8.12. The lowest BCUT2D eigenvalue weighted by Crippen LogP contribution is -2.42. The van der Waals surface area contributed by atoms with Gasteiger partial charge in [-0.1, -0.05) is 28.4 Å². The molecule has 1 aliphatic heterocycles. The van der Waals surface area contributed by atoms with E-state index in [1.807, 2.05) is 0 Å². The van der Waals surface area contributed by atoms with Crippen molar-refractivity contribution in [3.63, 3.8) is 0 Å². The summed E-state index contributed by atoms with van der Waals surface area (Å²) in [5.41, 5.74) is -4.14. The van der Waals surface area contributed by atoms with Gasteiger partial charge in [0.15, 0.2) is 11.4 Å². The number of nitrogens with zero attached hydrogens (tertiary/aromatic N) is 2. The smallest absolute Gasteiger partial charge is 0.435 e. The van der Waals surface area contributed by atoms with Crippen molar-refractivity contribution in [3.8, 4) is 0 Å². The molecular formula is C18H8Cl2F4N2O4. The molecule has 0 bridgehead atoms. The van der Waals surface area contributed by atoms with Gasteiger partial charge in [0.2, 0.25) is 0 Å². The summed E-state index contributed by atoms with van der Waals surface area (Å²) in [6.07, 6.45) is -3.70. The van der Waals surface area contributed by atoms with Gasteiger partial charge in [0.1, 0.15) is 11.3 Å². The number of carbonyl (C=O) groups is 1. The Bertz CT molecular complexity index is 1200. The number of rotatable bonds is 3. The van der Waals surface area contributed by atoms with Crippen LogP contribution in [0, 0.1) is 5.82 Å². The van der Waals surface area contributed by atoms with E-state index in [4.69, 9.17) is 32.5 Å². The number of furan rings is 1. The summed E-state index contributed by atoms with van der Waals surface area (Å²) >= 11 is 11.3. The average Bonchev–Trinajstić information content (AvgIpc) is 3.32. The predicted molar refractivity (Wildman–Crippen MR) is 97.4 cm³/mol. The Kier molecular flexibility index (Phi) is 4.66. The van der Waals surface area contributed by atoms with Gasteiger partial charge in [0, 0.05) is 17.1 Å². The fraction of sp³-hybridized carbons (Fsp3) is 0.167. The van der Waals surface area contributed by atoms with E-state index in [1.54, 1.807) is 0 Å². The molecular weight excluding hydrogens is 455 g/mol. The topological polar surface area (TPSA) is 84.9 Å². The molecule has 4 rings (SSSR count). The minimum atomic E-state index is -4.99. The maximum absolute atomic E-state index is 14.1. The summed E-state index contributed by atoms with van der Waals surface area (Å²) in [5, 5.41) is 11.7. The average molecular weight is 463 g/mol. The van der Waals surface area contributed by atoms with E-state index in [0.717, 1.165) is 18.3 Å². The van der Waals surface area contributed by atoms with E-state index in [-0.39, 0.29) is 27.9 Å². The largest absolute Gasteiger partial charge is 0.477 e. The molecule has 1 unspecified atom stereocenters. The third-order valence-electron chi connectivity index (χ3n) is 4.63. The van der Waals surface area contributed by atoms with Gasteiger partial charge in [0.25, 0.3) is 5.60 Å². The standard InChI is InChI=1S/C18H8Cl2F4N2O4/c19-10-3-7(4-11(20)13(10)21)17(18(22,23)24)5-12(26-30-17)14-8-1-2-29-15(8)9(6-25-14)16(27)28/h1-4,6H,5H2,(H,27,28). The Hall–Kier alpha value is -2.85. The number of aromatic carboxylic acids is 1. The van der Waals surface area contributed by atoms with Crippen LogP contribution >= 0.6 is 23.2 Å². The number of benzene rings is 1. The fourth-order valence-corrected chi connectivity index (χ4v) is 3.65. The van der Waals surface area contributed by atoms with Crippen molar-refractivity contribution in [2.24, 2.45) is 5.16 Å². The second-order valence-corrected chi connectivity index (χ2v) is 7.19. The summed E-state index contributed by atoms with van der Waals surface area (Å²) in [6, 6.07) is 2.89. The molecule has 0 aliphatic carbocycles. The number of halogens is 6. The molecule has 2 aromatic heterocycles. The minimum absolute atomic E-state index is 0.0471. The monoisotopic (exact) mass is 462 g/mol. The Morgan fingerprint density at radius 1 is 1.23 bits per heavy atom. The number of pyridine rings is 1. The van der Waals surface area contributed by atoms with Crippen LogP contribution in [0.25, 0.3) is 11.0 Å². The second kappa shape index (κ2) is 6.85. The maximum Gasteiger partial charge on any atom is 0.435 e. The lowest BCUT2D eigenvalue weighted by atomic mass is 9.87. The molecule has 0 spiro atoms. The number of carboxylic acid groups (broad SMARTS) is 1. The molecule has 3 aromatic rings. The van der Waals surface area contributed by atoms with Crippen molar-refractivity contribution < 1.29 is 36.7 Å². The Balaban J connectivity index is 1.83. The zero-order valence-electron chi connectivity index (χ0n) is 14.4. The van der Waals surface area contributed by atoms with Gasteiger partial charge in [-0.3, -0.25) is 4.98 Å². The molecule has 0 fully saturated rings. The SMILES string of the molecule is O=C(O)c1cnc(C2=NOC(c3cc(Cl)c(F)c(Cl)c3)(C(F)(F)F)C2)c2ccoc12. The zero-order valence-corrected chi connectivity index (χ0v) is 15.9. The highest BCUT2D eigenvalue weighted by Crippen LogP contribution is 2.50. The van der Waals surface area contributed by atoms with Crippen molar-refractivity contribution in [3.05, 3.63) is 63.3 Å². The molecule has 0 amide bonds. The summed E-state index contributed by atoms with van der Waals surface area (Å²) in [6.45, 7) is 0. The van der Waals surface area contributed by atoms with Crippen molar-refractivity contribution in [1.82, 2.24) is 4.98 Å². The molecule has 156 valence electrons. The molecule has 0 radical (unpaired) electrons. The molecule has 0 saturated carbocycles. The first-order chi connectivity index (χ1) is 14.0. The van der Waals surface area contributed by atoms with Gasteiger partial charge < -0.3 is 14.4 Å². The highest BCUT2D eigenvalue weighted by molar-refractivity contribution is 6.35. The number of fused-ring (bicyclic) bond motifs is 1. The normalized spacial score (nSPS) is 19.1. The maximum atomic E-state index is 14.1. The lowest BCUT2D eigenvalue weighted by Gasteiger charge is -2.29. The molecule has 1 aromatic carbocycles. The highest BCUT2D eigenvalue weighted by atomic mass is 35.5. The number of hydrogen-bond acceptors (Lipinski definition) is 5. The van der Waals surface area contributed by atoms with Gasteiger partial charge in [-0.25, -0.2) is 9.18 Å². The van der Waals surface area contributed by atoms with Crippen molar-refractivity contribution in [2.75, 3.05) is 0 Å².